The van der Waals surface area contributed by atoms with E-state index < -0.39 is 4.92 Å². The van der Waals surface area contributed by atoms with E-state index in [9.17, 15) is 10.1 Å². The van der Waals surface area contributed by atoms with Gasteiger partial charge < -0.3 is 4.74 Å². The number of nitro groups is 1. The van der Waals surface area contributed by atoms with Crippen molar-refractivity contribution in [3.05, 3.63) is 33.3 Å². The average molecular weight is 258 g/mol. The Kier molecular flexibility index (Phi) is 5.22. The first-order valence-electron chi connectivity index (χ1n) is 5.57. The van der Waals surface area contributed by atoms with Crippen molar-refractivity contribution in [1.29, 1.82) is 0 Å². The average Bonchev–Trinajstić information content (AvgIpc) is 2.23. The number of nitrogens with zero attached hydrogens (tertiary/aromatic N) is 1. The summed E-state index contributed by atoms with van der Waals surface area (Å²) < 4.78 is 5.40. The maximum absolute atomic E-state index is 10.8. The van der Waals surface area contributed by atoms with E-state index in [0.717, 1.165) is 12.8 Å². The third kappa shape index (κ3) is 4.61. The summed E-state index contributed by atoms with van der Waals surface area (Å²) >= 11 is 5.78. The van der Waals surface area contributed by atoms with E-state index in [1.807, 2.05) is 0 Å². The van der Waals surface area contributed by atoms with E-state index >= 15 is 0 Å². The lowest BCUT2D eigenvalue weighted by molar-refractivity contribution is -0.385. The SMILES string of the molecule is CC(C)CCCOc1cc(Cl)ccc1[N+](=O)[O-]. The summed E-state index contributed by atoms with van der Waals surface area (Å²) in [5.74, 6) is 0.846. The molecule has 0 radical (unpaired) electrons. The summed E-state index contributed by atoms with van der Waals surface area (Å²) in [5.41, 5.74) is -0.0426. The fraction of sp³-hybridized carbons (Fsp3) is 0.500. The molecule has 0 unspecified atom stereocenters. The fourth-order valence-corrected chi connectivity index (χ4v) is 1.59. The van der Waals surface area contributed by atoms with Gasteiger partial charge in [0.05, 0.1) is 11.5 Å². The Bertz CT molecular complexity index is 393. The number of halogens is 1. The van der Waals surface area contributed by atoms with Crippen LogP contribution >= 0.6 is 11.6 Å². The molecule has 0 amide bonds. The van der Waals surface area contributed by atoms with Crippen molar-refractivity contribution in [2.75, 3.05) is 6.61 Å². The number of benzene rings is 1. The number of hydrogen-bond donors (Lipinski definition) is 0. The first kappa shape index (κ1) is 13.8. The van der Waals surface area contributed by atoms with Crippen LogP contribution < -0.4 is 4.74 Å². The van der Waals surface area contributed by atoms with Gasteiger partial charge in [0, 0.05) is 17.2 Å². The van der Waals surface area contributed by atoms with Gasteiger partial charge in [0.2, 0.25) is 0 Å². The molecule has 1 aromatic rings. The molecule has 0 heterocycles. The quantitative estimate of drug-likeness (QED) is 0.439. The van der Waals surface area contributed by atoms with Crippen LogP contribution in [0.25, 0.3) is 0 Å². The van der Waals surface area contributed by atoms with Gasteiger partial charge in [0.1, 0.15) is 0 Å². The first-order valence-corrected chi connectivity index (χ1v) is 5.95. The van der Waals surface area contributed by atoms with E-state index in [0.29, 0.717) is 17.5 Å². The van der Waals surface area contributed by atoms with E-state index in [4.69, 9.17) is 16.3 Å². The van der Waals surface area contributed by atoms with E-state index in [1.54, 1.807) is 0 Å². The van der Waals surface area contributed by atoms with Crippen molar-refractivity contribution in [1.82, 2.24) is 0 Å². The summed E-state index contributed by atoms with van der Waals surface area (Å²) in [5, 5.41) is 11.2. The molecule has 0 aromatic heterocycles. The Balaban J connectivity index is 2.62. The van der Waals surface area contributed by atoms with E-state index in [-0.39, 0.29) is 11.4 Å². The number of rotatable bonds is 6. The van der Waals surface area contributed by atoms with Crippen molar-refractivity contribution in [3.8, 4) is 5.75 Å². The molecule has 0 atom stereocenters. The monoisotopic (exact) mass is 257 g/mol. The topological polar surface area (TPSA) is 52.4 Å². The van der Waals surface area contributed by atoms with Gasteiger partial charge in [-0.1, -0.05) is 25.4 Å². The van der Waals surface area contributed by atoms with Gasteiger partial charge in [-0.3, -0.25) is 10.1 Å². The summed E-state index contributed by atoms with van der Waals surface area (Å²) in [6.45, 7) is 4.73. The molecular weight excluding hydrogens is 242 g/mol. The van der Waals surface area contributed by atoms with Gasteiger partial charge in [-0.05, 0) is 24.8 Å². The molecule has 0 saturated heterocycles. The van der Waals surface area contributed by atoms with Gasteiger partial charge in [-0.15, -0.1) is 0 Å². The fourth-order valence-electron chi connectivity index (χ4n) is 1.43. The van der Waals surface area contributed by atoms with Gasteiger partial charge in [0.15, 0.2) is 5.75 Å². The van der Waals surface area contributed by atoms with Crippen LogP contribution in [0.1, 0.15) is 26.7 Å². The highest BCUT2D eigenvalue weighted by Gasteiger charge is 2.15. The Labute approximate surface area is 106 Å². The number of ether oxygens (including phenoxy) is 1. The third-order valence-electron chi connectivity index (χ3n) is 2.30. The minimum Gasteiger partial charge on any atom is -0.487 e. The zero-order chi connectivity index (χ0) is 12.8. The predicted octanol–water partition coefficient (Wildman–Crippen LogP) is 4.06. The second kappa shape index (κ2) is 6.45. The van der Waals surface area contributed by atoms with Crippen LogP contribution in [0.4, 0.5) is 5.69 Å². The molecule has 1 rings (SSSR count). The lowest BCUT2D eigenvalue weighted by atomic mass is 10.1. The molecule has 0 aliphatic carbocycles. The van der Waals surface area contributed by atoms with Gasteiger partial charge >= 0.3 is 5.69 Å². The van der Waals surface area contributed by atoms with Gasteiger partial charge in [-0.2, -0.15) is 0 Å². The molecule has 94 valence electrons. The van der Waals surface area contributed by atoms with Crippen LogP contribution in [0.15, 0.2) is 18.2 Å². The lowest BCUT2D eigenvalue weighted by Crippen LogP contribution is -2.02. The molecule has 0 spiro atoms. The Morgan fingerprint density at radius 2 is 2.18 bits per heavy atom. The Morgan fingerprint density at radius 1 is 1.47 bits per heavy atom. The molecule has 4 nitrogen and oxygen atoms in total. The number of hydrogen-bond acceptors (Lipinski definition) is 3. The minimum absolute atomic E-state index is 0.0426. The molecule has 0 aliphatic heterocycles. The van der Waals surface area contributed by atoms with E-state index in [1.165, 1.54) is 18.2 Å². The maximum atomic E-state index is 10.8. The van der Waals surface area contributed by atoms with Gasteiger partial charge in [-0.25, -0.2) is 0 Å². The summed E-state index contributed by atoms with van der Waals surface area (Å²) in [6.07, 6.45) is 1.91. The third-order valence-corrected chi connectivity index (χ3v) is 2.54. The largest absolute Gasteiger partial charge is 0.487 e. The van der Waals surface area contributed by atoms with Gasteiger partial charge in [0.25, 0.3) is 0 Å². The second-order valence-electron chi connectivity index (χ2n) is 4.25. The molecule has 5 heteroatoms. The van der Waals surface area contributed by atoms with Crippen LogP contribution in [0, 0.1) is 16.0 Å². The molecule has 0 fully saturated rings. The lowest BCUT2D eigenvalue weighted by Gasteiger charge is -2.08. The molecule has 17 heavy (non-hydrogen) atoms. The smallest absolute Gasteiger partial charge is 0.311 e. The molecule has 0 aliphatic rings. The zero-order valence-corrected chi connectivity index (χ0v) is 10.7. The maximum Gasteiger partial charge on any atom is 0.311 e. The molecule has 1 aromatic carbocycles. The van der Waals surface area contributed by atoms with Crippen LogP contribution in [0.5, 0.6) is 5.75 Å². The molecule has 0 N–H and O–H groups in total. The van der Waals surface area contributed by atoms with E-state index in [2.05, 4.69) is 13.8 Å². The number of nitro benzene ring substituents is 1. The first-order chi connectivity index (χ1) is 8.00. The van der Waals surface area contributed by atoms with Crippen LogP contribution in [0.2, 0.25) is 5.02 Å². The zero-order valence-electron chi connectivity index (χ0n) is 9.98. The van der Waals surface area contributed by atoms with Crippen molar-refractivity contribution < 1.29 is 9.66 Å². The highest BCUT2D eigenvalue weighted by molar-refractivity contribution is 6.30. The van der Waals surface area contributed by atoms with Crippen molar-refractivity contribution in [2.24, 2.45) is 5.92 Å². The standard InChI is InChI=1S/C12H16ClNO3/c1-9(2)4-3-7-17-12-8-10(13)5-6-11(12)14(15)16/h5-6,8-9H,3-4,7H2,1-2H3. The van der Waals surface area contributed by atoms with Crippen LogP contribution in [0.3, 0.4) is 0 Å². The molecule has 0 bridgehead atoms. The molecule has 0 saturated carbocycles. The van der Waals surface area contributed by atoms with Crippen molar-refractivity contribution in [3.63, 3.8) is 0 Å². The summed E-state index contributed by atoms with van der Waals surface area (Å²) in [4.78, 5) is 10.3. The second-order valence-corrected chi connectivity index (χ2v) is 4.69. The van der Waals surface area contributed by atoms with Crippen LogP contribution in [-0.2, 0) is 0 Å². The minimum atomic E-state index is -0.464. The molecular formula is C12H16ClNO3. The summed E-state index contributed by atoms with van der Waals surface area (Å²) in [7, 11) is 0. The normalized spacial score (nSPS) is 10.6. The van der Waals surface area contributed by atoms with Crippen molar-refractivity contribution in [2.45, 2.75) is 26.7 Å². The van der Waals surface area contributed by atoms with Crippen molar-refractivity contribution >= 4 is 17.3 Å². The predicted molar refractivity (Wildman–Crippen MR) is 67.7 cm³/mol. The highest BCUT2D eigenvalue weighted by atomic mass is 35.5. The Hall–Kier alpha value is -1.29. The highest BCUT2D eigenvalue weighted by Crippen LogP contribution is 2.30. The Morgan fingerprint density at radius 3 is 2.76 bits per heavy atom. The summed E-state index contributed by atoms with van der Waals surface area (Å²) in [6, 6.07) is 4.33. The van der Waals surface area contributed by atoms with Crippen LogP contribution in [-0.4, -0.2) is 11.5 Å².